The molecular formula is C25H26N4O2. The third kappa shape index (κ3) is 3.85. The number of hydrogen-bond acceptors (Lipinski definition) is 3. The van der Waals surface area contributed by atoms with E-state index in [4.69, 9.17) is 0 Å². The van der Waals surface area contributed by atoms with Crippen molar-refractivity contribution in [2.45, 2.75) is 38.1 Å². The molecule has 1 aromatic heterocycles. The van der Waals surface area contributed by atoms with Crippen LogP contribution in [0.1, 0.15) is 36.6 Å². The van der Waals surface area contributed by atoms with Crippen molar-refractivity contribution in [2.24, 2.45) is 5.92 Å². The standard InChI is InChI=1S/C25H26N4O2/c1-16-26-22(14-24(30)27-16)18-10-12-19(13-11-18)28-25(31)29-15-21(17-6-3-2-4-7-17)20-8-5-9-23(20)29/h2-4,6-7,10-14,20-21,23H,5,8-9,15H2,1H3,(H,28,31)(H,26,27,30). The number of fused-ring (bicyclic) bond motifs is 1. The predicted octanol–water partition coefficient (Wildman–Crippen LogP) is 4.55. The molecule has 2 N–H and O–H groups in total. The number of likely N-dealkylation sites (tertiary alicyclic amines) is 1. The zero-order chi connectivity index (χ0) is 21.4. The maximum atomic E-state index is 13.1. The highest BCUT2D eigenvalue weighted by atomic mass is 16.2. The van der Waals surface area contributed by atoms with Crippen LogP contribution in [0.5, 0.6) is 0 Å². The van der Waals surface area contributed by atoms with Gasteiger partial charge in [-0.05, 0) is 43.4 Å². The number of aromatic amines is 1. The Morgan fingerprint density at radius 3 is 2.61 bits per heavy atom. The van der Waals surface area contributed by atoms with Crippen molar-refractivity contribution in [3.63, 3.8) is 0 Å². The van der Waals surface area contributed by atoms with Crippen molar-refractivity contribution in [2.75, 3.05) is 11.9 Å². The van der Waals surface area contributed by atoms with Crippen LogP contribution in [-0.4, -0.2) is 33.5 Å². The van der Waals surface area contributed by atoms with Crippen LogP contribution in [0, 0.1) is 12.8 Å². The Hall–Kier alpha value is -3.41. The average molecular weight is 415 g/mol. The third-order valence-corrected chi connectivity index (χ3v) is 6.62. The summed E-state index contributed by atoms with van der Waals surface area (Å²) in [6.45, 7) is 2.52. The van der Waals surface area contributed by atoms with Gasteiger partial charge in [0.25, 0.3) is 5.56 Å². The van der Waals surface area contributed by atoms with Crippen LogP contribution >= 0.6 is 0 Å². The van der Waals surface area contributed by atoms with E-state index in [0.29, 0.717) is 29.4 Å². The molecular weight excluding hydrogens is 388 g/mol. The molecule has 2 aliphatic rings. The second-order valence-electron chi connectivity index (χ2n) is 8.56. The lowest BCUT2D eigenvalue weighted by molar-refractivity contribution is 0.203. The normalized spacial score (nSPS) is 22.4. The monoisotopic (exact) mass is 414 g/mol. The summed E-state index contributed by atoms with van der Waals surface area (Å²) in [6.07, 6.45) is 3.44. The number of hydrogen-bond donors (Lipinski definition) is 2. The number of nitrogens with one attached hydrogen (secondary N) is 2. The summed E-state index contributed by atoms with van der Waals surface area (Å²) in [4.78, 5) is 33.9. The van der Waals surface area contributed by atoms with E-state index in [1.54, 1.807) is 6.92 Å². The molecule has 1 aliphatic carbocycles. The molecule has 1 aliphatic heterocycles. The van der Waals surface area contributed by atoms with Crippen molar-refractivity contribution < 1.29 is 4.79 Å². The number of anilines is 1. The number of amides is 2. The highest BCUT2D eigenvalue weighted by Gasteiger charge is 2.46. The first kappa shape index (κ1) is 19.5. The van der Waals surface area contributed by atoms with Crippen LogP contribution < -0.4 is 10.9 Å². The number of H-pyrrole nitrogens is 1. The van der Waals surface area contributed by atoms with Crippen LogP contribution in [0.25, 0.3) is 11.3 Å². The molecule has 0 spiro atoms. The Kier molecular flexibility index (Phi) is 5.06. The summed E-state index contributed by atoms with van der Waals surface area (Å²) in [5, 5.41) is 3.07. The van der Waals surface area contributed by atoms with Gasteiger partial charge in [0.15, 0.2) is 0 Å². The summed E-state index contributed by atoms with van der Waals surface area (Å²) >= 11 is 0. The van der Waals surface area contributed by atoms with Gasteiger partial charge in [0.1, 0.15) is 5.82 Å². The zero-order valence-corrected chi connectivity index (χ0v) is 17.5. The molecule has 2 fully saturated rings. The number of rotatable bonds is 3. The fraction of sp³-hybridized carbons (Fsp3) is 0.320. The van der Waals surface area contributed by atoms with Crippen molar-refractivity contribution in [1.82, 2.24) is 14.9 Å². The molecule has 0 radical (unpaired) electrons. The first-order chi connectivity index (χ1) is 15.1. The molecule has 1 saturated heterocycles. The molecule has 5 rings (SSSR count). The first-order valence-electron chi connectivity index (χ1n) is 10.9. The van der Waals surface area contributed by atoms with E-state index >= 15 is 0 Å². The molecule has 3 atom stereocenters. The molecule has 31 heavy (non-hydrogen) atoms. The van der Waals surface area contributed by atoms with Crippen LogP contribution in [0.15, 0.2) is 65.5 Å². The van der Waals surface area contributed by atoms with Gasteiger partial charge in [-0.15, -0.1) is 0 Å². The fourth-order valence-electron chi connectivity index (χ4n) is 5.24. The number of aryl methyl sites for hydroxylation is 1. The minimum atomic E-state index is -0.173. The smallest absolute Gasteiger partial charge is 0.321 e. The molecule has 3 aromatic rings. The number of aromatic nitrogens is 2. The van der Waals surface area contributed by atoms with E-state index < -0.39 is 0 Å². The zero-order valence-electron chi connectivity index (χ0n) is 17.5. The predicted molar refractivity (Wildman–Crippen MR) is 121 cm³/mol. The Balaban J connectivity index is 1.31. The van der Waals surface area contributed by atoms with Gasteiger partial charge in [-0.3, -0.25) is 4.79 Å². The Bertz CT molecular complexity index is 1140. The number of nitrogens with zero attached hydrogens (tertiary/aromatic N) is 2. The lowest BCUT2D eigenvalue weighted by Gasteiger charge is -2.24. The van der Waals surface area contributed by atoms with Gasteiger partial charge in [-0.25, -0.2) is 9.78 Å². The summed E-state index contributed by atoms with van der Waals surface area (Å²) < 4.78 is 0. The summed E-state index contributed by atoms with van der Waals surface area (Å²) in [7, 11) is 0. The molecule has 1 saturated carbocycles. The molecule has 6 heteroatoms. The van der Waals surface area contributed by atoms with E-state index in [1.165, 1.54) is 24.5 Å². The maximum absolute atomic E-state index is 13.1. The SMILES string of the molecule is Cc1nc(-c2ccc(NC(=O)N3CC(c4ccccc4)C4CCCC43)cc2)cc(=O)[nH]1. The van der Waals surface area contributed by atoms with Crippen LogP contribution in [-0.2, 0) is 0 Å². The maximum Gasteiger partial charge on any atom is 0.322 e. The lowest BCUT2D eigenvalue weighted by Crippen LogP contribution is -2.39. The molecule has 0 bridgehead atoms. The van der Waals surface area contributed by atoms with E-state index in [1.807, 2.05) is 35.2 Å². The van der Waals surface area contributed by atoms with Gasteiger partial charge >= 0.3 is 6.03 Å². The second kappa shape index (κ2) is 8.02. The number of urea groups is 1. The van der Waals surface area contributed by atoms with Gasteiger partial charge in [0.2, 0.25) is 0 Å². The van der Waals surface area contributed by atoms with E-state index in [2.05, 4.69) is 39.6 Å². The largest absolute Gasteiger partial charge is 0.322 e. The topological polar surface area (TPSA) is 78.1 Å². The molecule has 6 nitrogen and oxygen atoms in total. The lowest BCUT2D eigenvalue weighted by atomic mass is 9.87. The van der Waals surface area contributed by atoms with Gasteiger partial charge in [0.05, 0.1) is 5.69 Å². The summed E-state index contributed by atoms with van der Waals surface area (Å²) in [6, 6.07) is 19.8. The molecule has 2 amide bonds. The van der Waals surface area contributed by atoms with E-state index in [9.17, 15) is 9.59 Å². The van der Waals surface area contributed by atoms with Crippen molar-refractivity contribution in [3.05, 3.63) is 82.4 Å². The first-order valence-corrected chi connectivity index (χ1v) is 10.9. The minimum absolute atomic E-state index is 0.0341. The van der Waals surface area contributed by atoms with Gasteiger partial charge in [-0.2, -0.15) is 0 Å². The molecule has 2 aromatic carbocycles. The van der Waals surface area contributed by atoms with Crippen molar-refractivity contribution >= 4 is 11.7 Å². The molecule has 158 valence electrons. The highest BCUT2D eigenvalue weighted by molar-refractivity contribution is 5.90. The molecule has 3 unspecified atom stereocenters. The highest BCUT2D eigenvalue weighted by Crippen LogP contribution is 2.46. The quantitative estimate of drug-likeness (QED) is 0.660. The van der Waals surface area contributed by atoms with Gasteiger partial charge in [-0.1, -0.05) is 48.9 Å². The average Bonchev–Trinajstić information content (AvgIpc) is 3.37. The van der Waals surface area contributed by atoms with Crippen LogP contribution in [0.4, 0.5) is 10.5 Å². The number of carbonyl (C=O) groups excluding carboxylic acids is 1. The Morgan fingerprint density at radius 2 is 1.87 bits per heavy atom. The molecule has 2 heterocycles. The van der Waals surface area contributed by atoms with Crippen molar-refractivity contribution in [3.8, 4) is 11.3 Å². The Morgan fingerprint density at radius 1 is 1.10 bits per heavy atom. The summed E-state index contributed by atoms with van der Waals surface area (Å²) in [5.74, 6) is 1.53. The summed E-state index contributed by atoms with van der Waals surface area (Å²) in [5.41, 5.74) is 3.37. The Labute approximate surface area is 181 Å². The van der Waals surface area contributed by atoms with Gasteiger partial charge < -0.3 is 15.2 Å². The van der Waals surface area contributed by atoms with E-state index in [0.717, 1.165) is 24.2 Å². The second-order valence-corrected chi connectivity index (χ2v) is 8.56. The third-order valence-electron chi connectivity index (χ3n) is 6.62. The van der Waals surface area contributed by atoms with Gasteiger partial charge in [0, 0.05) is 35.8 Å². The van der Waals surface area contributed by atoms with Crippen LogP contribution in [0.3, 0.4) is 0 Å². The fourth-order valence-corrected chi connectivity index (χ4v) is 5.24. The number of benzene rings is 2. The van der Waals surface area contributed by atoms with E-state index in [-0.39, 0.29) is 11.6 Å². The van der Waals surface area contributed by atoms with Crippen LogP contribution in [0.2, 0.25) is 0 Å². The van der Waals surface area contributed by atoms with Crippen molar-refractivity contribution in [1.29, 1.82) is 0 Å². The number of carbonyl (C=O) groups is 1. The minimum Gasteiger partial charge on any atom is -0.321 e.